The highest BCUT2D eigenvalue weighted by atomic mass is 31.2. The second kappa shape index (κ2) is 62.8. The van der Waals surface area contributed by atoms with Gasteiger partial charge in [-0.2, -0.15) is 0 Å². The van der Waals surface area contributed by atoms with Crippen molar-refractivity contribution in [3.63, 3.8) is 0 Å². The van der Waals surface area contributed by atoms with E-state index in [4.69, 9.17) is 37.0 Å². The molecule has 6 atom stereocenters. The van der Waals surface area contributed by atoms with Gasteiger partial charge in [0.2, 0.25) is 0 Å². The van der Waals surface area contributed by atoms with E-state index in [9.17, 15) is 43.2 Å². The molecule has 0 spiro atoms. The molecule has 540 valence electrons. The molecule has 0 aliphatic rings. The predicted octanol–water partition coefficient (Wildman–Crippen LogP) is 20.6. The van der Waals surface area contributed by atoms with Gasteiger partial charge in [-0.05, 0) is 43.4 Å². The van der Waals surface area contributed by atoms with Crippen molar-refractivity contribution in [1.29, 1.82) is 0 Å². The lowest BCUT2D eigenvalue weighted by Crippen LogP contribution is -2.30. The summed E-state index contributed by atoms with van der Waals surface area (Å²) in [7, 11) is -9.90. The molecule has 0 bridgehead atoms. The molecule has 0 saturated heterocycles. The molecule has 0 saturated carbocycles. The number of carbonyl (C=O) groups is 4. The van der Waals surface area contributed by atoms with Crippen LogP contribution in [0.25, 0.3) is 0 Å². The Morgan fingerprint density at radius 1 is 0.319 bits per heavy atom. The van der Waals surface area contributed by atoms with Crippen molar-refractivity contribution in [1.82, 2.24) is 0 Å². The summed E-state index contributed by atoms with van der Waals surface area (Å²) in [5, 5.41) is 10.6. The molecule has 0 heterocycles. The highest BCUT2D eigenvalue weighted by molar-refractivity contribution is 7.47. The molecule has 3 N–H and O–H groups in total. The molecule has 0 aromatic rings. The van der Waals surface area contributed by atoms with Crippen molar-refractivity contribution in [3.8, 4) is 0 Å². The number of unbranched alkanes of at least 4 members (excludes halogenated alkanes) is 37. The van der Waals surface area contributed by atoms with Crippen LogP contribution < -0.4 is 0 Å². The first-order chi connectivity index (χ1) is 43.8. The summed E-state index contributed by atoms with van der Waals surface area (Å²) >= 11 is 0. The van der Waals surface area contributed by atoms with Gasteiger partial charge in [0.05, 0.1) is 26.4 Å². The highest BCUT2D eigenvalue weighted by Crippen LogP contribution is 2.45. The van der Waals surface area contributed by atoms with Crippen LogP contribution in [0, 0.1) is 17.8 Å². The summed E-state index contributed by atoms with van der Waals surface area (Å²) in [6, 6.07) is 0. The Morgan fingerprint density at radius 2 is 0.560 bits per heavy atom. The Morgan fingerprint density at radius 3 is 0.835 bits per heavy atom. The lowest BCUT2D eigenvalue weighted by atomic mass is 9.99. The summed E-state index contributed by atoms with van der Waals surface area (Å²) in [6.07, 6.45) is 47.2. The van der Waals surface area contributed by atoms with Gasteiger partial charge in [-0.1, -0.05) is 312 Å². The van der Waals surface area contributed by atoms with Gasteiger partial charge in [0.1, 0.15) is 19.3 Å². The largest absolute Gasteiger partial charge is 0.472 e. The fraction of sp³-hybridized carbons (Fsp3) is 0.944. The van der Waals surface area contributed by atoms with E-state index < -0.39 is 97.5 Å². The minimum Gasteiger partial charge on any atom is -0.462 e. The number of esters is 4. The third kappa shape index (κ3) is 65.1. The molecule has 19 heteroatoms. The average Bonchev–Trinajstić information content (AvgIpc) is 3.57. The summed E-state index contributed by atoms with van der Waals surface area (Å²) in [4.78, 5) is 72.6. The number of rotatable bonds is 70. The number of carbonyl (C=O) groups excluding carboxylic acids is 4. The van der Waals surface area contributed by atoms with Crippen LogP contribution in [-0.2, 0) is 65.4 Å². The Labute approximate surface area is 556 Å². The fourth-order valence-corrected chi connectivity index (χ4v) is 12.4. The average molecular weight is 1340 g/mol. The Hall–Kier alpha value is -1.94. The molecule has 0 radical (unpaired) electrons. The summed E-state index contributed by atoms with van der Waals surface area (Å²) in [6.45, 7) is 11.8. The van der Waals surface area contributed by atoms with E-state index in [0.717, 1.165) is 108 Å². The SMILES string of the molecule is CCCCCCCCCCCCCCC(=O)OC[C@H](COP(=O)(O)OC[C@@H](O)COP(=O)(O)OC[C@@H](COC(=O)CCCCCCCCCC(C)C)OC(=O)CCCCCCCCCCC(C)C)OC(=O)CCCCCCCCCCCCCCCCC(C)CC. The van der Waals surface area contributed by atoms with Crippen LogP contribution in [-0.4, -0.2) is 96.7 Å². The molecule has 0 amide bonds. The molecular weight excluding hydrogens is 1200 g/mol. The number of aliphatic hydroxyl groups excluding tert-OH is 1. The summed E-state index contributed by atoms with van der Waals surface area (Å²) in [5.41, 5.74) is 0. The molecule has 0 rings (SSSR count). The van der Waals surface area contributed by atoms with Crippen molar-refractivity contribution < 1.29 is 80.2 Å². The fourth-order valence-electron chi connectivity index (χ4n) is 10.9. The first-order valence-corrected chi connectivity index (χ1v) is 40.4. The predicted molar refractivity (Wildman–Crippen MR) is 368 cm³/mol. The van der Waals surface area contributed by atoms with Crippen molar-refractivity contribution in [2.75, 3.05) is 39.6 Å². The van der Waals surface area contributed by atoms with E-state index in [1.165, 1.54) is 167 Å². The van der Waals surface area contributed by atoms with Crippen molar-refractivity contribution in [3.05, 3.63) is 0 Å². The van der Waals surface area contributed by atoms with E-state index in [1.807, 2.05) is 0 Å². The van der Waals surface area contributed by atoms with E-state index in [1.54, 1.807) is 0 Å². The van der Waals surface area contributed by atoms with E-state index in [0.29, 0.717) is 31.6 Å². The molecule has 91 heavy (non-hydrogen) atoms. The second-order valence-electron chi connectivity index (χ2n) is 27.2. The third-order valence-electron chi connectivity index (χ3n) is 17.0. The van der Waals surface area contributed by atoms with Gasteiger partial charge in [-0.25, -0.2) is 9.13 Å². The van der Waals surface area contributed by atoms with Gasteiger partial charge in [0.15, 0.2) is 12.2 Å². The van der Waals surface area contributed by atoms with Gasteiger partial charge in [0.25, 0.3) is 0 Å². The molecule has 0 aromatic carbocycles. The van der Waals surface area contributed by atoms with Crippen LogP contribution in [0.5, 0.6) is 0 Å². The number of ether oxygens (including phenoxy) is 4. The number of hydrogen-bond acceptors (Lipinski definition) is 15. The summed E-state index contributed by atoms with van der Waals surface area (Å²) < 4.78 is 68.3. The van der Waals surface area contributed by atoms with Crippen molar-refractivity contribution in [2.24, 2.45) is 17.8 Å². The van der Waals surface area contributed by atoms with Crippen LogP contribution in [0.2, 0.25) is 0 Å². The quantitative estimate of drug-likeness (QED) is 0.0222. The van der Waals surface area contributed by atoms with Crippen LogP contribution in [0.3, 0.4) is 0 Å². The highest BCUT2D eigenvalue weighted by Gasteiger charge is 2.30. The maximum atomic E-state index is 13.0. The number of phosphoric ester groups is 2. The molecule has 0 fully saturated rings. The zero-order valence-corrected chi connectivity index (χ0v) is 61.1. The normalized spacial score (nSPS) is 14.5. The number of phosphoric acid groups is 2. The zero-order chi connectivity index (χ0) is 67.3. The minimum absolute atomic E-state index is 0.104. The lowest BCUT2D eigenvalue weighted by Gasteiger charge is -2.21. The standard InChI is InChI=1S/C72H140O17P2/c1-8-10-11-12-13-14-15-21-24-32-39-46-53-69(74)82-59-67(88-71(76)55-48-41-33-25-22-19-17-16-18-20-23-31-38-45-52-65(7)9-2)61-86-90(78,79)84-57-66(73)58-85-91(80,81)87-62-68(60-83-70(75)54-47-40-35-28-30-37-44-51-64(5)6)89-72(77)56-49-42-34-27-26-29-36-43-50-63(3)4/h63-68,73H,8-62H2,1-7H3,(H,78,79)(H,80,81)/t65?,66-,67-,68-/m1/s1. The van der Waals surface area contributed by atoms with Gasteiger partial charge in [-0.3, -0.25) is 37.3 Å². The van der Waals surface area contributed by atoms with Crippen molar-refractivity contribution in [2.45, 2.75) is 381 Å². The molecule has 0 aromatic heterocycles. The van der Waals surface area contributed by atoms with Gasteiger partial charge < -0.3 is 33.8 Å². The molecular formula is C72H140O17P2. The monoisotopic (exact) mass is 1340 g/mol. The number of aliphatic hydroxyl groups is 1. The first kappa shape index (κ1) is 89.1. The van der Waals surface area contributed by atoms with Crippen LogP contribution >= 0.6 is 15.6 Å². The van der Waals surface area contributed by atoms with Gasteiger partial charge in [0, 0.05) is 25.7 Å². The topological polar surface area (TPSA) is 237 Å². The maximum absolute atomic E-state index is 13.0. The molecule has 0 aliphatic heterocycles. The molecule has 3 unspecified atom stereocenters. The van der Waals surface area contributed by atoms with E-state index in [-0.39, 0.29) is 25.7 Å². The smallest absolute Gasteiger partial charge is 0.462 e. The van der Waals surface area contributed by atoms with Crippen LogP contribution in [0.1, 0.15) is 363 Å². The third-order valence-corrected chi connectivity index (χ3v) is 18.9. The Kier molecular flexibility index (Phi) is 61.5. The Bertz CT molecular complexity index is 1790. The van der Waals surface area contributed by atoms with Crippen molar-refractivity contribution >= 4 is 39.5 Å². The maximum Gasteiger partial charge on any atom is 0.472 e. The second-order valence-corrected chi connectivity index (χ2v) is 30.1. The molecule has 0 aliphatic carbocycles. The zero-order valence-electron chi connectivity index (χ0n) is 59.3. The minimum atomic E-state index is -4.95. The lowest BCUT2D eigenvalue weighted by molar-refractivity contribution is -0.161. The van der Waals surface area contributed by atoms with E-state index in [2.05, 4.69) is 48.5 Å². The Balaban J connectivity index is 5.23. The van der Waals surface area contributed by atoms with Gasteiger partial charge in [-0.15, -0.1) is 0 Å². The summed E-state index contributed by atoms with van der Waals surface area (Å²) in [5.74, 6) is 0.144. The first-order valence-electron chi connectivity index (χ1n) is 37.4. The van der Waals surface area contributed by atoms with Gasteiger partial charge >= 0.3 is 39.5 Å². The molecule has 17 nitrogen and oxygen atoms in total. The van der Waals surface area contributed by atoms with Crippen LogP contribution in [0.4, 0.5) is 0 Å². The van der Waals surface area contributed by atoms with E-state index >= 15 is 0 Å². The number of hydrogen-bond donors (Lipinski definition) is 3. The van der Waals surface area contributed by atoms with Crippen LogP contribution in [0.15, 0.2) is 0 Å².